The van der Waals surface area contributed by atoms with E-state index in [1.54, 1.807) is 42.5 Å². The number of carbonyl (C=O) groups is 2. The molecule has 0 atom stereocenters. The van der Waals surface area contributed by atoms with Gasteiger partial charge in [-0.1, -0.05) is 65.9 Å². The third-order valence-electron chi connectivity index (χ3n) is 4.95. The number of hydrogen-bond acceptors (Lipinski definition) is 5. The summed E-state index contributed by atoms with van der Waals surface area (Å²) in [5.41, 5.74) is 3.22. The number of aromatic amines is 1. The second kappa shape index (κ2) is 10.8. The summed E-state index contributed by atoms with van der Waals surface area (Å²) in [5.74, 6) is -0.705. The monoisotopic (exact) mass is 475 g/mol. The molecule has 9 heteroatoms. The lowest BCUT2D eigenvalue weighted by Crippen LogP contribution is -2.25. The minimum Gasteiger partial charge on any atom is -0.348 e. The molecule has 4 rings (SSSR count). The zero-order chi connectivity index (χ0) is 23.9. The van der Waals surface area contributed by atoms with Gasteiger partial charge in [-0.3, -0.25) is 14.7 Å². The molecule has 0 saturated heterocycles. The van der Waals surface area contributed by atoms with E-state index < -0.39 is 5.82 Å². The number of nitrogens with one attached hydrogen (secondary N) is 3. The first-order chi connectivity index (χ1) is 16.5. The predicted octanol–water partition coefficient (Wildman–Crippen LogP) is 4.58. The summed E-state index contributed by atoms with van der Waals surface area (Å²) in [6.07, 6.45) is 0. The number of amides is 2. The van der Waals surface area contributed by atoms with Crippen LogP contribution in [0.2, 0.25) is 0 Å². The Balaban J connectivity index is 1.34. The van der Waals surface area contributed by atoms with Crippen molar-refractivity contribution in [3.8, 4) is 11.4 Å². The molecule has 0 aliphatic carbocycles. The average Bonchev–Trinajstić information content (AvgIpc) is 3.32. The summed E-state index contributed by atoms with van der Waals surface area (Å²) in [5, 5.41) is 12.7. The Morgan fingerprint density at radius 3 is 2.53 bits per heavy atom. The predicted molar refractivity (Wildman–Crippen MR) is 130 cm³/mol. The highest BCUT2D eigenvalue weighted by atomic mass is 32.2. The van der Waals surface area contributed by atoms with Gasteiger partial charge in [0.1, 0.15) is 5.82 Å². The average molecular weight is 476 g/mol. The van der Waals surface area contributed by atoms with Crippen LogP contribution in [0.4, 0.5) is 10.1 Å². The first-order valence-corrected chi connectivity index (χ1v) is 11.5. The third-order valence-corrected chi connectivity index (χ3v) is 5.79. The van der Waals surface area contributed by atoms with Gasteiger partial charge in [0.15, 0.2) is 5.82 Å². The maximum atomic E-state index is 13.9. The van der Waals surface area contributed by atoms with Crippen molar-refractivity contribution in [2.24, 2.45) is 0 Å². The molecule has 7 nitrogen and oxygen atoms in total. The van der Waals surface area contributed by atoms with Gasteiger partial charge in [-0.15, -0.1) is 5.10 Å². The van der Waals surface area contributed by atoms with Crippen molar-refractivity contribution in [1.29, 1.82) is 0 Å². The van der Waals surface area contributed by atoms with Crippen LogP contribution in [0.25, 0.3) is 11.4 Å². The molecule has 0 fully saturated rings. The molecule has 1 aromatic heterocycles. The van der Waals surface area contributed by atoms with E-state index in [2.05, 4.69) is 25.8 Å². The van der Waals surface area contributed by atoms with E-state index in [-0.39, 0.29) is 23.4 Å². The van der Waals surface area contributed by atoms with Crippen molar-refractivity contribution in [1.82, 2.24) is 20.5 Å². The number of aromatic nitrogens is 3. The van der Waals surface area contributed by atoms with Crippen molar-refractivity contribution in [3.05, 3.63) is 95.3 Å². The molecule has 0 unspecified atom stereocenters. The topological polar surface area (TPSA) is 99.8 Å². The lowest BCUT2D eigenvalue weighted by molar-refractivity contribution is -0.113. The number of halogens is 1. The van der Waals surface area contributed by atoms with E-state index in [1.165, 1.54) is 6.07 Å². The zero-order valence-corrected chi connectivity index (χ0v) is 19.2. The number of nitrogens with zero attached hydrogens (tertiary/aromatic N) is 2. The highest BCUT2D eigenvalue weighted by Crippen LogP contribution is 2.22. The summed E-state index contributed by atoms with van der Waals surface area (Å²) in [6, 6.07) is 20.9. The van der Waals surface area contributed by atoms with Crippen LogP contribution in [0.5, 0.6) is 0 Å². The molecule has 172 valence electrons. The molecular formula is C25H22FN5O2S. The molecule has 1 heterocycles. The standard InChI is InChI=1S/C25H22FN5O2S/c1-16-10-12-17(13-11-16)14-27-24(33)19-7-3-5-9-21(19)28-22(32)15-34-25-29-23(30-31-25)18-6-2-4-8-20(18)26/h2-13H,14-15H2,1H3,(H,27,33)(H,28,32)(H,29,30,31). The maximum absolute atomic E-state index is 13.9. The molecule has 0 spiro atoms. The van der Waals surface area contributed by atoms with Crippen molar-refractivity contribution < 1.29 is 14.0 Å². The van der Waals surface area contributed by atoms with Crippen LogP contribution in [0, 0.1) is 12.7 Å². The smallest absolute Gasteiger partial charge is 0.253 e. The van der Waals surface area contributed by atoms with E-state index >= 15 is 0 Å². The number of aryl methyl sites for hydroxylation is 1. The molecule has 34 heavy (non-hydrogen) atoms. The number of H-pyrrole nitrogens is 1. The number of anilines is 1. The lowest BCUT2D eigenvalue weighted by atomic mass is 10.1. The molecule has 2 amide bonds. The fourth-order valence-electron chi connectivity index (χ4n) is 3.17. The van der Waals surface area contributed by atoms with Gasteiger partial charge in [0.05, 0.1) is 22.6 Å². The molecule has 0 radical (unpaired) electrons. The summed E-state index contributed by atoms with van der Waals surface area (Å²) < 4.78 is 13.9. The van der Waals surface area contributed by atoms with E-state index in [4.69, 9.17) is 0 Å². The SMILES string of the molecule is Cc1ccc(CNC(=O)c2ccccc2NC(=O)CSc2n[nH]c(-c3ccccc3F)n2)cc1. The summed E-state index contributed by atoms with van der Waals surface area (Å²) in [6.45, 7) is 2.39. The Morgan fingerprint density at radius 1 is 1.00 bits per heavy atom. The summed E-state index contributed by atoms with van der Waals surface area (Å²) >= 11 is 1.10. The fraction of sp³-hybridized carbons (Fsp3) is 0.120. The van der Waals surface area contributed by atoms with Gasteiger partial charge in [-0.2, -0.15) is 0 Å². The second-order valence-corrected chi connectivity index (χ2v) is 8.44. The fourth-order valence-corrected chi connectivity index (χ4v) is 3.77. The molecule has 0 aliphatic rings. The van der Waals surface area contributed by atoms with Crippen molar-refractivity contribution >= 4 is 29.3 Å². The minimum absolute atomic E-state index is 0.0217. The van der Waals surface area contributed by atoms with E-state index in [1.807, 2.05) is 31.2 Å². The summed E-state index contributed by atoms with van der Waals surface area (Å²) in [4.78, 5) is 29.5. The number of thioether (sulfide) groups is 1. The molecule has 0 aliphatic heterocycles. The van der Waals surface area contributed by atoms with E-state index in [0.29, 0.717) is 28.5 Å². The molecule has 4 aromatic rings. The third kappa shape index (κ3) is 5.87. The molecule has 0 saturated carbocycles. The van der Waals surface area contributed by atoms with Crippen LogP contribution >= 0.6 is 11.8 Å². The number of para-hydroxylation sites is 1. The van der Waals surface area contributed by atoms with Gasteiger partial charge in [-0.05, 0) is 36.8 Å². The van der Waals surface area contributed by atoms with Crippen molar-refractivity contribution in [2.75, 3.05) is 11.1 Å². The van der Waals surface area contributed by atoms with E-state index in [9.17, 15) is 14.0 Å². The molecule has 3 aromatic carbocycles. The largest absolute Gasteiger partial charge is 0.348 e. The maximum Gasteiger partial charge on any atom is 0.253 e. The van der Waals surface area contributed by atoms with Crippen molar-refractivity contribution in [3.63, 3.8) is 0 Å². The molecule has 0 bridgehead atoms. The number of hydrogen-bond donors (Lipinski definition) is 3. The number of carbonyl (C=O) groups excluding carboxylic acids is 2. The Bertz CT molecular complexity index is 1310. The quantitative estimate of drug-likeness (QED) is 0.324. The highest BCUT2D eigenvalue weighted by molar-refractivity contribution is 7.99. The van der Waals surface area contributed by atoms with Crippen LogP contribution in [-0.2, 0) is 11.3 Å². The Labute approximate surface area is 200 Å². The minimum atomic E-state index is -0.412. The van der Waals surface area contributed by atoms with Crippen LogP contribution < -0.4 is 10.6 Å². The normalized spacial score (nSPS) is 10.6. The van der Waals surface area contributed by atoms with Crippen LogP contribution in [0.1, 0.15) is 21.5 Å². The number of benzene rings is 3. The first kappa shape index (κ1) is 23.2. The van der Waals surface area contributed by atoms with E-state index in [0.717, 1.165) is 22.9 Å². The second-order valence-electron chi connectivity index (χ2n) is 7.50. The Hall–Kier alpha value is -3.98. The highest BCUT2D eigenvalue weighted by Gasteiger charge is 2.15. The Morgan fingerprint density at radius 2 is 1.74 bits per heavy atom. The van der Waals surface area contributed by atoms with Gasteiger partial charge >= 0.3 is 0 Å². The van der Waals surface area contributed by atoms with Crippen molar-refractivity contribution in [2.45, 2.75) is 18.6 Å². The van der Waals surface area contributed by atoms with Gasteiger partial charge in [0.2, 0.25) is 11.1 Å². The number of rotatable bonds is 8. The van der Waals surface area contributed by atoms with Crippen LogP contribution in [0.15, 0.2) is 78.0 Å². The summed E-state index contributed by atoms with van der Waals surface area (Å²) in [7, 11) is 0. The zero-order valence-electron chi connectivity index (χ0n) is 18.3. The van der Waals surface area contributed by atoms with Gasteiger partial charge < -0.3 is 10.6 Å². The lowest BCUT2D eigenvalue weighted by Gasteiger charge is -2.11. The Kier molecular flexibility index (Phi) is 7.34. The van der Waals surface area contributed by atoms with Gasteiger partial charge in [0.25, 0.3) is 5.91 Å². The molecule has 3 N–H and O–H groups in total. The molecular weight excluding hydrogens is 453 g/mol. The van der Waals surface area contributed by atoms with Crippen LogP contribution in [-0.4, -0.2) is 32.7 Å². The first-order valence-electron chi connectivity index (χ1n) is 10.5. The van der Waals surface area contributed by atoms with Gasteiger partial charge in [0, 0.05) is 6.54 Å². The van der Waals surface area contributed by atoms with Gasteiger partial charge in [-0.25, -0.2) is 9.37 Å². The van der Waals surface area contributed by atoms with Crippen LogP contribution in [0.3, 0.4) is 0 Å².